The van der Waals surface area contributed by atoms with E-state index in [9.17, 15) is 19.2 Å². The molecule has 3 atom stereocenters. The van der Waals surface area contributed by atoms with Crippen molar-refractivity contribution in [3.05, 3.63) is 35.4 Å². The number of likely N-dealkylation sites (tertiary alicyclic amines) is 1. The summed E-state index contributed by atoms with van der Waals surface area (Å²) in [7, 11) is 0. The molecule has 10 nitrogen and oxygen atoms in total. The highest BCUT2D eigenvalue weighted by Gasteiger charge is 2.38. The zero-order chi connectivity index (χ0) is 28.8. The fraction of sp³-hybridized carbons (Fsp3) is 0.643. The van der Waals surface area contributed by atoms with Crippen molar-refractivity contribution in [2.24, 2.45) is 17.8 Å². The molecular formula is C28H46N4O6. The second-order valence-electron chi connectivity index (χ2n) is 11.0. The fourth-order valence-electron chi connectivity index (χ4n) is 3.87. The van der Waals surface area contributed by atoms with Gasteiger partial charge in [-0.2, -0.15) is 0 Å². The van der Waals surface area contributed by atoms with Crippen LogP contribution in [0.15, 0.2) is 24.3 Å². The van der Waals surface area contributed by atoms with E-state index < -0.39 is 12.0 Å². The van der Waals surface area contributed by atoms with Crippen LogP contribution in [-0.2, 0) is 19.3 Å². The van der Waals surface area contributed by atoms with Gasteiger partial charge in [0.05, 0.1) is 6.10 Å². The summed E-state index contributed by atoms with van der Waals surface area (Å²) in [6.07, 6.45) is 1.30. The van der Waals surface area contributed by atoms with Crippen molar-refractivity contribution >= 4 is 24.1 Å². The zero-order valence-electron chi connectivity index (χ0n) is 24.1. The van der Waals surface area contributed by atoms with Gasteiger partial charge >= 0.3 is 0 Å². The molecule has 0 spiro atoms. The number of hydrogen-bond acceptors (Lipinski definition) is 6. The highest BCUT2D eigenvalue weighted by Crippen LogP contribution is 2.22. The molecule has 0 aliphatic carbocycles. The Bertz CT molecular complexity index is 888. The van der Waals surface area contributed by atoms with Crippen LogP contribution in [0.5, 0.6) is 0 Å². The van der Waals surface area contributed by atoms with Crippen molar-refractivity contribution < 1.29 is 28.9 Å². The van der Waals surface area contributed by atoms with E-state index in [-0.39, 0.29) is 24.0 Å². The Morgan fingerprint density at radius 2 is 1.50 bits per heavy atom. The number of nitrogens with zero attached hydrogens (tertiary/aromatic N) is 1. The van der Waals surface area contributed by atoms with Gasteiger partial charge in [-0.25, -0.2) is 11.0 Å². The van der Waals surface area contributed by atoms with Gasteiger partial charge in [-0.3, -0.25) is 28.9 Å². The van der Waals surface area contributed by atoms with Crippen molar-refractivity contribution in [2.45, 2.75) is 86.5 Å². The Balaban J connectivity index is 0.000000905. The molecule has 1 aromatic carbocycles. The number of hydroxylamine groups is 2. The molecule has 0 radical (unpaired) electrons. The number of hydrogen-bond donors (Lipinski definition) is 3. The number of carbonyl (C=O) groups excluding carboxylic acids is 4. The highest BCUT2D eigenvalue weighted by molar-refractivity contribution is 5.97. The lowest BCUT2D eigenvalue weighted by molar-refractivity contribution is -0.141. The van der Waals surface area contributed by atoms with Gasteiger partial charge in [0, 0.05) is 36.7 Å². The van der Waals surface area contributed by atoms with Crippen LogP contribution < -0.4 is 16.3 Å². The Kier molecular flexibility index (Phi) is 14.6. The van der Waals surface area contributed by atoms with Crippen LogP contribution in [-0.4, -0.2) is 60.4 Å². The summed E-state index contributed by atoms with van der Waals surface area (Å²) in [5, 5.41) is 2.57. The quantitative estimate of drug-likeness (QED) is 0.263. The molecule has 3 N–H and O–H groups in total. The number of benzene rings is 1. The van der Waals surface area contributed by atoms with E-state index in [1.165, 1.54) is 24.3 Å². The molecule has 0 aromatic heterocycles. The third-order valence-electron chi connectivity index (χ3n) is 5.68. The minimum absolute atomic E-state index is 0.0695. The average Bonchev–Trinajstić information content (AvgIpc) is 3.11. The van der Waals surface area contributed by atoms with Gasteiger partial charge < -0.3 is 10.2 Å². The topological polar surface area (TPSA) is 126 Å². The monoisotopic (exact) mass is 534 g/mol. The number of amides is 4. The lowest BCUT2D eigenvalue weighted by Crippen LogP contribution is -2.38. The Morgan fingerprint density at radius 1 is 0.947 bits per heavy atom. The highest BCUT2D eigenvalue weighted by atomic mass is 16.7. The second kappa shape index (κ2) is 16.8. The zero-order valence-corrected chi connectivity index (χ0v) is 24.1. The SMILES string of the molecule is CC(C)CC(C)ONC(=O)c1ccc(C(=O)NOC2CC(C)N(CC(C)C)C2=O)cc1.CC(C)CNC=O. The molecule has 1 aliphatic rings. The van der Waals surface area contributed by atoms with Crippen LogP contribution in [0.25, 0.3) is 0 Å². The maximum Gasteiger partial charge on any atom is 0.274 e. The van der Waals surface area contributed by atoms with Gasteiger partial charge in [0.25, 0.3) is 17.7 Å². The van der Waals surface area contributed by atoms with Crippen LogP contribution in [0.2, 0.25) is 0 Å². The first-order chi connectivity index (χ1) is 17.8. The lowest BCUT2D eigenvalue weighted by atomic mass is 10.1. The van der Waals surface area contributed by atoms with Gasteiger partial charge in [0.1, 0.15) is 0 Å². The average molecular weight is 535 g/mol. The van der Waals surface area contributed by atoms with Crippen molar-refractivity contribution in [1.29, 1.82) is 0 Å². The van der Waals surface area contributed by atoms with E-state index >= 15 is 0 Å². The molecule has 1 heterocycles. The summed E-state index contributed by atoms with van der Waals surface area (Å²) >= 11 is 0. The van der Waals surface area contributed by atoms with Crippen molar-refractivity contribution in [3.63, 3.8) is 0 Å². The fourth-order valence-corrected chi connectivity index (χ4v) is 3.87. The summed E-state index contributed by atoms with van der Waals surface area (Å²) in [6.45, 7) is 17.7. The summed E-state index contributed by atoms with van der Waals surface area (Å²) in [4.78, 5) is 59.2. The molecule has 10 heteroatoms. The van der Waals surface area contributed by atoms with Crippen molar-refractivity contribution in [1.82, 2.24) is 21.2 Å². The Hall–Kier alpha value is -2.98. The molecule has 4 amide bonds. The van der Waals surface area contributed by atoms with Gasteiger partial charge in [-0.05, 0) is 62.3 Å². The first kappa shape index (κ1) is 33.0. The second-order valence-corrected chi connectivity index (χ2v) is 11.0. The Morgan fingerprint density at radius 3 is 1.95 bits per heavy atom. The molecule has 1 fully saturated rings. The van der Waals surface area contributed by atoms with E-state index in [1.807, 2.05) is 13.8 Å². The smallest absolute Gasteiger partial charge is 0.274 e. The van der Waals surface area contributed by atoms with Crippen LogP contribution in [0, 0.1) is 17.8 Å². The minimum atomic E-state index is -0.687. The van der Waals surface area contributed by atoms with Crippen molar-refractivity contribution in [2.75, 3.05) is 13.1 Å². The molecule has 3 unspecified atom stereocenters. The number of rotatable bonds is 13. The molecule has 0 bridgehead atoms. The molecular weight excluding hydrogens is 488 g/mol. The van der Waals surface area contributed by atoms with Gasteiger partial charge in [0.2, 0.25) is 6.41 Å². The third-order valence-corrected chi connectivity index (χ3v) is 5.68. The summed E-state index contributed by atoms with van der Waals surface area (Å²) < 4.78 is 0. The number of nitrogens with one attached hydrogen (secondary N) is 3. The van der Waals surface area contributed by atoms with E-state index in [2.05, 4.69) is 57.8 Å². The predicted molar refractivity (Wildman–Crippen MR) is 146 cm³/mol. The van der Waals surface area contributed by atoms with E-state index in [4.69, 9.17) is 9.68 Å². The van der Waals surface area contributed by atoms with Crippen LogP contribution in [0.1, 0.15) is 88.9 Å². The molecule has 2 rings (SSSR count). The first-order valence-electron chi connectivity index (χ1n) is 13.3. The minimum Gasteiger partial charge on any atom is -0.358 e. The lowest BCUT2D eigenvalue weighted by Gasteiger charge is -2.23. The standard InChI is InChI=1S/C23H35N3O5.C5H11NO/c1-14(2)11-17(6)30-24-21(27)18-7-9-19(10-8-18)22(28)25-31-20-12-16(5)26(23(20)29)13-15(3)4;1-5(2)3-6-4-7/h7-10,14-17,20H,11-13H2,1-6H3,(H,24,27)(H,25,28);4-5H,3H2,1-2H3,(H,6,7). The van der Waals surface area contributed by atoms with Gasteiger partial charge in [0.15, 0.2) is 6.10 Å². The predicted octanol–water partition coefficient (Wildman–Crippen LogP) is 3.48. The summed E-state index contributed by atoms with van der Waals surface area (Å²) in [6, 6.07) is 6.19. The number of carbonyl (C=O) groups is 4. The Labute approximate surface area is 227 Å². The molecule has 1 saturated heterocycles. The normalized spacial score (nSPS) is 17.8. The van der Waals surface area contributed by atoms with Crippen LogP contribution >= 0.6 is 0 Å². The molecule has 214 valence electrons. The molecule has 1 aliphatic heterocycles. The molecule has 0 saturated carbocycles. The third kappa shape index (κ3) is 12.0. The maximum atomic E-state index is 12.5. The summed E-state index contributed by atoms with van der Waals surface area (Å²) in [5.41, 5.74) is 5.49. The van der Waals surface area contributed by atoms with Crippen LogP contribution in [0.3, 0.4) is 0 Å². The van der Waals surface area contributed by atoms with E-state index in [1.54, 1.807) is 4.90 Å². The van der Waals surface area contributed by atoms with E-state index in [0.29, 0.717) is 41.8 Å². The summed E-state index contributed by atoms with van der Waals surface area (Å²) in [5.74, 6) is 0.420. The largest absolute Gasteiger partial charge is 0.358 e. The molecule has 1 aromatic rings. The van der Waals surface area contributed by atoms with Crippen LogP contribution in [0.4, 0.5) is 0 Å². The first-order valence-corrected chi connectivity index (χ1v) is 13.3. The maximum absolute atomic E-state index is 12.5. The molecule has 38 heavy (non-hydrogen) atoms. The van der Waals surface area contributed by atoms with Crippen molar-refractivity contribution in [3.8, 4) is 0 Å². The van der Waals surface area contributed by atoms with Gasteiger partial charge in [-0.1, -0.05) is 41.5 Å². The van der Waals surface area contributed by atoms with E-state index in [0.717, 1.165) is 19.4 Å². The van der Waals surface area contributed by atoms with Gasteiger partial charge in [-0.15, -0.1) is 0 Å².